The van der Waals surface area contributed by atoms with Gasteiger partial charge in [-0.1, -0.05) is 18.2 Å². The van der Waals surface area contributed by atoms with Crippen LogP contribution in [0.1, 0.15) is 18.1 Å². The molecule has 1 aliphatic heterocycles. The van der Waals surface area contributed by atoms with Gasteiger partial charge in [-0.25, -0.2) is 8.42 Å². The van der Waals surface area contributed by atoms with E-state index < -0.39 is 10.0 Å². The zero-order chi connectivity index (χ0) is 23.6. The van der Waals surface area contributed by atoms with Gasteiger partial charge in [-0.05, 0) is 80.4 Å². The van der Waals surface area contributed by atoms with Crippen LogP contribution in [0.25, 0.3) is 0 Å². The third kappa shape index (κ3) is 5.12. The molecular formula is C25H26N2O5S. The van der Waals surface area contributed by atoms with Gasteiger partial charge in [0.05, 0.1) is 17.1 Å². The van der Waals surface area contributed by atoms with Crippen molar-refractivity contribution in [2.75, 3.05) is 22.8 Å². The second-order valence-corrected chi connectivity index (χ2v) is 9.98. The van der Waals surface area contributed by atoms with Crippen LogP contribution in [0, 0.1) is 13.8 Å². The molecule has 8 heteroatoms. The molecule has 3 aromatic rings. The van der Waals surface area contributed by atoms with Gasteiger partial charge in [-0.2, -0.15) is 0 Å². The number of para-hydroxylation sites is 2. The van der Waals surface area contributed by atoms with Gasteiger partial charge < -0.3 is 14.8 Å². The van der Waals surface area contributed by atoms with Crippen molar-refractivity contribution < 1.29 is 22.7 Å². The zero-order valence-electron chi connectivity index (χ0n) is 18.7. The lowest BCUT2D eigenvalue weighted by atomic mass is 10.1. The van der Waals surface area contributed by atoms with E-state index in [1.165, 1.54) is 16.4 Å². The lowest BCUT2D eigenvalue weighted by Crippen LogP contribution is -2.42. The molecule has 0 unspecified atom stereocenters. The quantitative estimate of drug-likeness (QED) is 0.586. The summed E-state index contributed by atoms with van der Waals surface area (Å²) in [6.45, 7) is 5.83. The Morgan fingerprint density at radius 2 is 1.73 bits per heavy atom. The molecule has 0 radical (unpaired) electrons. The Bertz CT molecular complexity index is 1250. The molecule has 1 amide bonds. The first-order chi connectivity index (χ1) is 15.7. The van der Waals surface area contributed by atoms with Crippen molar-refractivity contribution in [1.29, 1.82) is 0 Å². The topological polar surface area (TPSA) is 84.9 Å². The second-order valence-electron chi connectivity index (χ2n) is 8.12. The predicted octanol–water partition coefficient (Wildman–Crippen LogP) is 4.30. The van der Waals surface area contributed by atoms with E-state index in [2.05, 4.69) is 5.32 Å². The molecule has 0 aliphatic carbocycles. The van der Waals surface area contributed by atoms with E-state index in [9.17, 15) is 13.2 Å². The lowest BCUT2D eigenvalue weighted by Gasteiger charge is -2.34. The predicted molar refractivity (Wildman–Crippen MR) is 128 cm³/mol. The molecule has 1 atom stereocenters. The summed E-state index contributed by atoms with van der Waals surface area (Å²) in [5, 5.41) is 2.73. The maximum absolute atomic E-state index is 13.3. The normalized spacial score (nSPS) is 15.4. The van der Waals surface area contributed by atoms with Gasteiger partial charge in [0.15, 0.2) is 6.61 Å². The molecule has 1 aliphatic rings. The van der Waals surface area contributed by atoms with Gasteiger partial charge in [0.1, 0.15) is 17.6 Å². The maximum atomic E-state index is 13.3. The van der Waals surface area contributed by atoms with Crippen LogP contribution in [0.5, 0.6) is 11.5 Å². The standard InChI is InChI=1S/C25H26N2O5S/c1-17-12-18(2)14-21(13-17)31-16-25(28)26-20-8-10-22(11-9-20)33(29,30)27-15-19(3)32-24-7-5-4-6-23(24)27/h4-14,19H,15-16H2,1-3H3,(H,26,28)/t19-/m1/s1. The number of anilines is 2. The third-order valence-corrected chi connectivity index (χ3v) is 6.97. The summed E-state index contributed by atoms with van der Waals surface area (Å²) in [5.74, 6) is 0.831. The van der Waals surface area contributed by atoms with Gasteiger partial charge in [0, 0.05) is 5.69 Å². The number of nitrogens with zero attached hydrogens (tertiary/aromatic N) is 1. The molecule has 172 valence electrons. The number of fused-ring (bicyclic) bond motifs is 1. The van der Waals surface area contributed by atoms with Crippen LogP contribution >= 0.6 is 0 Å². The number of sulfonamides is 1. The summed E-state index contributed by atoms with van der Waals surface area (Å²) in [5.41, 5.74) is 3.11. The average Bonchev–Trinajstić information content (AvgIpc) is 2.77. The first kappa shape index (κ1) is 22.7. The number of ether oxygens (including phenoxy) is 2. The summed E-state index contributed by atoms with van der Waals surface area (Å²) in [6.07, 6.45) is -0.273. The number of carbonyl (C=O) groups excluding carboxylic acids is 1. The summed E-state index contributed by atoms with van der Waals surface area (Å²) in [7, 11) is -3.79. The van der Waals surface area contributed by atoms with Crippen molar-refractivity contribution in [2.24, 2.45) is 0 Å². The number of aryl methyl sites for hydroxylation is 2. The molecule has 0 fully saturated rings. The average molecular weight is 467 g/mol. The molecule has 7 nitrogen and oxygen atoms in total. The molecule has 0 aromatic heterocycles. The van der Waals surface area contributed by atoms with Crippen molar-refractivity contribution in [3.63, 3.8) is 0 Å². The largest absolute Gasteiger partial charge is 0.487 e. The van der Waals surface area contributed by atoms with Crippen molar-refractivity contribution in [3.05, 3.63) is 77.9 Å². The Morgan fingerprint density at radius 3 is 2.42 bits per heavy atom. The minimum absolute atomic E-state index is 0.135. The summed E-state index contributed by atoms with van der Waals surface area (Å²) >= 11 is 0. The van der Waals surface area contributed by atoms with E-state index in [0.29, 0.717) is 22.9 Å². The van der Waals surface area contributed by atoms with E-state index in [0.717, 1.165) is 11.1 Å². The van der Waals surface area contributed by atoms with Crippen molar-refractivity contribution >= 4 is 27.3 Å². The van der Waals surface area contributed by atoms with Gasteiger partial charge in [0.2, 0.25) is 0 Å². The van der Waals surface area contributed by atoms with E-state index in [-0.39, 0.29) is 30.1 Å². The number of benzene rings is 3. The van der Waals surface area contributed by atoms with Crippen molar-refractivity contribution in [3.8, 4) is 11.5 Å². The van der Waals surface area contributed by atoms with E-state index in [1.807, 2.05) is 45.0 Å². The maximum Gasteiger partial charge on any atom is 0.264 e. The Kier molecular flexibility index (Phi) is 6.29. The molecule has 33 heavy (non-hydrogen) atoms. The van der Waals surface area contributed by atoms with Crippen LogP contribution in [-0.4, -0.2) is 33.6 Å². The number of hydrogen-bond acceptors (Lipinski definition) is 5. The monoisotopic (exact) mass is 466 g/mol. The summed E-state index contributed by atoms with van der Waals surface area (Å²) in [6, 6.07) is 18.9. The second kappa shape index (κ2) is 9.15. The molecular weight excluding hydrogens is 440 g/mol. The first-order valence-corrected chi connectivity index (χ1v) is 12.1. The number of amides is 1. The van der Waals surface area contributed by atoms with E-state index in [4.69, 9.17) is 9.47 Å². The number of rotatable bonds is 6. The van der Waals surface area contributed by atoms with Gasteiger partial charge in [-0.15, -0.1) is 0 Å². The van der Waals surface area contributed by atoms with Crippen LogP contribution in [0.4, 0.5) is 11.4 Å². The fraction of sp³-hybridized carbons (Fsp3) is 0.240. The first-order valence-electron chi connectivity index (χ1n) is 10.6. The molecule has 0 saturated carbocycles. The van der Waals surface area contributed by atoms with Gasteiger partial charge >= 0.3 is 0 Å². The number of nitrogens with one attached hydrogen (secondary N) is 1. The zero-order valence-corrected chi connectivity index (χ0v) is 19.6. The SMILES string of the molecule is Cc1cc(C)cc(OCC(=O)Nc2ccc(S(=O)(=O)N3C[C@@H](C)Oc4ccccc43)cc2)c1. The van der Waals surface area contributed by atoms with Crippen molar-refractivity contribution in [1.82, 2.24) is 0 Å². The summed E-state index contributed by atoms with van der Waals surface area (Å²) in [4.78, 5) is 12.4. The van der Waals surface area contributed by atoms with E-state index in [1.54, 1.807) is 30.3 Å². The smallest absolute Gasteiger partial charge is 0.264 e. The Hall–Kier alpha value is -3.52. The van der Waals surface area contributed by atoms with E-state index >= 15 is 0 Å². The Balaban J connectivity index is 1.44. The highest BCUT2D eigenvalue weighted by atomic mass is 32.2. The van der Waals surface area contributed by atoms with Crippen LogP contribution in [-0.2, 0) is 14.8 Å². The minimum atomic E-state index is -3.79. The van der Waals surface area contributed by atoms with Gasteiger partial charge in [0.25, 0.3) is 15.9 Å². The Morgan fingerprint density at radius 1 is 1.06 bits per heavy atom. The highest BCUT2D eigenvalue weighted by molar-refractivity contribution is 7.92. The molecule has 1 heterocycles. The van der Waals surface area contributed by atoms with Crippen LogP contribution in [0.15, 0.2) is 71.6 Å². The van der Waals surface area contributed by atoms with Gasteiger partial charge in [-0.3, -0.25) is 9.10 Å². The molecule has 3 aromatic carbocycles. The van der Waals surface area contributed by atoms with Crippen LogP contribution in [0.2, 0.25) is 0 Å². The Labute approximate surface area is 194 Å². The molecule has 0 spiro atoms. The highest BCUT2D eigenvalue weighted by Crippen LogP contribution is 2.36. The fourth-order valence-corrected chi connectivity index (χ4v) is 5.33. The molecule has 0 saturated heterocycles. The van der Waals surface area contributed by atoms with Crippen molar-refractivity contribution in [2.45, 2.75) is 31.8 Å². The molecule has 1 N–H and O–H groups in total. The highest BCUT2D eigenvalue weighted by Gasteiger charge is 2.32. The van der Waals surface area contributed by atoms with Crippen LogP contribution < -0.4 is 19.1 Å². The molecule has 4 rings (SSSR count). The minimum Gasteiger partial charge on any atom is -0.487 e. The molecule has 0 bridgehead atoms. The lowest BCUT2D eigenvalue weighted by molar-refractivity contribution is -0.118. The number of hydrogen-bond donors (Lipinski definition) is 1. The fourth-order valence-electron chi connectivity index (χ4n) is 3.78. The van der Waals surface area contributed by atoms with Crippen LogP contribution in [0.3, 0.4) is 0 Å². The third-order valence-electron chi connectivity index (χ3n) is 5.18. The summed E-state index contributed by atoms with van der Waals surface area (Å²) < 4.78 is 39.3. The number of carbonyl (C=O) groups is 1.